The summed E-state index contributed by atoms with van der Waals surface area (Å²) in [5.41, 5.74) is 9.28. The van der Waals surface area contributed by atoms with Gasteiger partial charge in [0.2, 0.25) is 0 Å². The highest BCUT2D eigenvalue weighted by molar-refractivity contribution is 4.99. The Labute approximate surface area is 47.8 Å². The van der Waals surface area contributed by atoms with Crippen LogP contribution in [-0.2, 0) is 4.74 Å². The summed E-state index contributed by atoms with van der Waals surface area (Å²) in [4.78, 5) is 0. The maximum atomic E-state index is 4.81. The van der Waals surface area contributed by atoms with Gasteiger partial charge in [0.25, 0.3) is 0 Å². The Balaban J connectivity index is 2.23. The predicted octanol–water partition coefficient (Wildman–Crippen LogP) is -0.913. The minimum atomic E-state index is 0.611. The van der Waals surface area contributed by atoms with Crippen LogP contribution in [0.2, 0.25) is 0 Å². The summed E-state index contributed by atoms with van der Waals surface area (Å²) in [6.45, 7) is 0.611. The number of nitrogens with one attached hydrogen (secondary N) is 3. The number of hydrogen-bond acceptors (Lipinski definition) is 4. The van der Waals surface area contributed by atoms with Crippen molar-refractivity contribution in [1.82, 2.24) is 16.4 Å². The van der Waals surface area contributed by atoms with Crippen LogP contribution in [0.15, 0.2) is 11.9 Å². The maximum Gasteiger partial charge on any atom is 0.0888 e. The number of methoxy groups -OCH3 is 1. The molecule has 0 aromatic heterocycles. The summed E-state index contributed by atoms with van der Waals surface area (Å²) in [6, 6.07) is 0. The molecule has 4 heteroatoms. The summed E-state index contributed by atoms with van der Waals surface area (Å²) in [6.07, 6.45) is 1.81. The fourth-order valence-corrected chi connectivity index (χ4v) is 0.509. The van der Waals surface area contributed by atoms with Crippen molar-refractivity contribution in [3.63, 3.8) is 0 Å². The van der Waals surface area contributed by atoms with Crippen molar-refractivity contribution in [1.29, 1.82) is 0 Å². The van der Waals surface area contributed by atoms with Crippen LogP contribution in [-0.4, -0.2) is 13.7 Å². The SMILES string of the molecule is COCC1=CNNN1. The van der Waals surface area contributed by atoms with Gasteiger partial charge in [-0.3, -0.25) is 0 Å². The third-order valence-electron chi connectivity index (χ3n) is 0.841. The molecule has 0 aromatic carbocycles. The molecular formula is C4H9N3O. The molecule has 1 aliphatic heterocycles. The molecule has 0 atom stereocenters. The van der Waals surface area contributed by atoms with E-state index in [1.807, 2.05) is 6.20 Å². The second-order valence-corrected chi connectivity index (χ2v) is 1.50. The lowest BCUT2D eigenvalue weighted by Crippen LogP contribution is -2.32. The van der Waals surface area contributed by atoms with Crippen molar-refractivity contribution in [3.8, 4) is 0 Å². The minimum absolute atomic E-state index is 0.611. The normalized spacial score (nSPS) is 16.9. The van der Waals surface area contributed by atoms with E-state index in [4.69, 9.17) is 4.74 Å². The highest BCUT2D eigenvalue weighted by Crippen LogP contribution is 1.87. The molecule has 0 saturated carbocycles. The highest BCUT2D eigenvalue weighted by atomic mass is 16.5. The van der Waals surface area contributed by atoms with Gasteiger partial charge in [0.05, 0.1) is 12.3 Å². The summed E-state index contributed by atoms with van der Waals surface area (Å²) < 4.78 is 4.81. The van der Waals surface area contributed by atoms with Crippen molar-refractivity contribution in [3.05, 3.63) is 11.9 Å². The molecule has 8 heavy (non-hydrogen) atoms. The van der Waals surface area contributed by atoms with E-state index in [-0.39, 0.29) is 0 Å². The zero-order chi connectivity index (χ0) is 5.82. The lowest BCUT2D eigenvalue weighted by molar-refractivity contribution is 0.220. The van der Waals surface area contributed by atoms with E-state index in [0.29, 0.717) is 6.61 Å². The summed E-state index contributed by atoms with van der Waals surface area (Å²) in [5.74, 6) is 0. The summed E-state index contributed by atoms with van der Waals surface area (Å²) >= 11 is 0. The van der Waals surface area contributed by atoms with Crippen molar-refractivity contribution < 1.29 is 4.74 Å². The van der Waals surface area contributed by atoms with E-state index in [2.05, 4.69) is 16.4 Å². The molecule has 1 rings (SSSR count). The number of rotatable bonds is 2. The first kappa shape index (κ1) is 5.40. The van der Waals surface area contributed by atoms with Crippen molar-refractivity contribution >= 4 is 0 Å². The Bertz CT molecular complexity index is 101. The molecule has 0 saturated heterocycles. The van der Waals surface area contributed by atoms with E-state index < -0.39 is 0 Å². The maximum absolute atomic E-state index is 4.81. The molecule has 0 radical (unpaired) electrons. The standard InChI is InChI=1S/C4H9N3O/c1-8-3-4-2-5-7-6-4/h2,5-7H,3H2,1H3. The third-order valence-corrected chi connectivity index (χ3v) is 0.841. The molecular weight excluding hydrogens is 106 g/mol. The second kappa shape index (κ2) is 2.54. The van der Waals surface area contributed by atoms with Crippen molar-refractivity contribution in [2.75, 3.05) is 13.7 Å². The molecule has 0 amide bonds. The van der Waals surface area contributed by atoms with Gasteiger partial charge in [-0.15, -0.1) is 0 Å². The van der Waals surface area contributed by atoms with Crippen LogP contribution in [0.4, 0.5) is 0 Å². The van der Waals surface area contributed by atoms with E-state index in [1.165, 1.54) is 0 Å². The molecule has 3 N–H and O–H groups in total. The van der Waals surface area contributed by atoms with E-state index in [9.17, 15) is 0 Å². The van der Waals surface area contributed by atoms with Gasteiger partial charge in [-0.2, -0.15) is 5.53 Å². The van der Waals surface area contributed by atoms with E-state index >= 15 is 0 Å². The Morgan fingerprint density at radius 3 is 3.12 bits per heavy atom. The Morgan fingerprint density at radius 1 is 1.75 bits per heavy atom. The Morgan fingerprint density at radius 2 is 2.62 bits per heavy atom. The molecule has 0 spiro atoms. The zero-order valence-electron chi connectivity index (χ0n) is 4.69. The van der Waals surface area contributed by atoms with Crippen LogP contribution in [0.3, 0.4) is 0 Å². The van der Waals surface area contributed by atoms with Crippen LogP contribution < -0.4 is 16.4 Å². The summed E-state index contributed by atoms with van der Waals surface area (Å²) in [5, 5.41) is 0. The highest BCUT2D eigenvalue weighted by Gasteiger charge is 1.97. The van der Waals surface area contributed by atoms with Crippen LogP contribution >= 0.6 is 0 Å². The molecule has 1 heterocycles. The number of ether oxygens (including phenoxy) is 1. The van der Waals surface area contributed by atoms with Gasteiger partial charge < -0.3 is 15.6 Å². The van der Waals surface area contributed by atoms with Crippen molar-refractivity contribution in [2.24, 2.45) is 0 Å². The molecule has 0 bridgehead atoms. The molecule has 0 unspecified atom stereocenters. The van der Waals surface area contributed by atoms with Crippen LogP contribution in [0, 0.1) is 0 Å². The molecule has 0 aliphatic carbocycles. The molecule has 46 valence electrons. The average molecular weight is 115 g/mol. The largest absolute Gasteiger partial charge is 0.378 e. The average Bonchev–Trinajstić information content (AvgIpc) is 2.19. The van der Waals surface area contributed by atoms with Gasteiger partial charge in [-0.05, 0) is 0 Å². The summed E-state index contributed by atoms with van der Waals surface area (Å²) in [7, 11) is 1.65. The minimum Gasteiger partial charge on any atom is -0.378 e. The topological polar surface area (TPSA) is 45.3 Å². The van der Waals surface area contributed by atoms with E-state index in [1.54, 1.807) is 7.11 Å². The number of hydrazine groups is 2. The zero-order valence-corrected chi connectivity index (χ0v) is 4.69. The molecule has 0 fully saturated rings. The second-order valence-electron chi connectivity index (χ2n) is 1.50. The smallest absolute Gasteiger partial charge is 0.0888 e. The van der Waals surface area contributed by atoms with Crippen molar-refractivity contribution in [2.45, 2.75) is 0 Å². The first-order valence-electron chi connectivity index (χ1n) is 2.38. The fraction of sp³-hybridized carbons (Fsp3) is 0.500. The van der Waals surface area contributed by atoms with Gasteiger partial charge in [0, 0.05) is 13.3 Å². The van der Waals surface area contributed by atoms with E-state index in [0.717, 1.165) is 5.70 Å². The molecule has 1 aliphatic rings. The lowest BCUT2D eigenvalue weighted by atomic mass is 10.5. The molecule has 4 nitrogen and oxygen atoms in total. The van der Waals surface area contributed by atoms with Crippen LogP contribution in [0.25, 0.3) is 0 Å². The first-order valence-corrected chi connectivity index (χ1v) is 2.38. The predicted molar refractivity (Wildman–Crippen MR) is 29.4 cm³/mol. The quantitative estimate of drug-likeness (QED) is 0.436. The first-order chi connectivity index (χ1) is 3.93. The van der Waals surface area contributed by atoms with Crippen LogP contribution in [0.5, 0.6) is 0 Å². The van der Waals surface area contributed by atoms with Crippen LogP contribution in [0.1, 0.15) is 0 Å². The monoisotopic (exact) mass is 115 g/mol. The van der Waals surface area contributed by atoms with Gasteiger partial charge in [-0.25, -0.2) is 0 Å². The molecule has 0 aromatic rings. The Kier molecular flexibility index (Phi) is 1.71. The third kappa shape index (κ3) is 1.11. The fourth-order valence-electron chi connectivity index (χ4n) is 0.509. The van der Waals surface area contributed by atoms with Gasteiger partial charge >= 0.3 is 0 Å². The van der Waals surface area contributed by atoms with Gasteiger partial charge in [0.15, 0.2) is 0 Å². The lowest BCUT2D eigenvalue weighted by Gasteiger charge is -1.98. The number of hydrogen-bond donors (Lipinski definition) is 3. The van der Waals surface area contributed by atoms with Gasteiger partial charge in [0.1, 0.15) is 0 Å². The Hall–Kier alpha value is -0.740. The van der Waals surface area contributed by atoms with Gasteiger partial charge in [-0.1, -0.05) is 0 Å².